The number of aliphatic imine (C=N–C) groups is 1. The molecule has 10 heteroatoms. The van der Waals surface area contributed by atoms with Crippen LogP contribution in [-0.4, -0.2) is 50.5 Å². The molecule has 7 nitrogen and oxygen atoms in total. The maximum atomic E-state index is 12.4. The molecule has 1 aromatic carbocycles. The zero-order chi connectivity index (χ0) is 22.0. The molecule has 0 radical (unpaired) electrons. The second kappa shape index (κ2) is 11.1. The highest BCUT2D eigenvalue weighted by atomic mass is 19.4. The van der Waals surface area contributed by atoms with E-state index in [1.54, 1.807) is 26.3 Å². The highest BCUT2D eigenvalue weighted by Gasteiger charge is 2.29. The molecule has 2 rings (SSSR count). The third-order valence-electron chi connectivity index (χ3n) is 3.85. The van der Waals surface area contributed by atoms with Crippen LogP contribution in [0.25, 0.3) is 0 Å². The molecule has 30 heavy (non-hydrogen) atoms. The lowest BCUT2D eigenvalue weighted by atomic mass is 10.2. The van der Waals surface area contributed by atoms with Crippen LogP contribution in [0.2, 0.25) is 0 Å². The molecule has 1 heterocycles. The second-order valence-electron chi connectivity index (χ2n) is 6.26. The number of halogens is 3. The third-order valence-corrected chi connectivity index (χ3v) is 3.85. The molecule has 0 aliphatic rings. The van der Waals surface area contributed by atoms with Gasteiger partial charge in [-0.25, -0.2) is 4.98 Å². The molecule has 0 amide bonds. The van der Waals surface area contributed by atoms with E-state index in [2.05, 4.69) is 20.6 Å². The molecule has 0 bridgehead atoms. The molecule has 1 unspecified atom stereocenters. The van der Waals surface area contributed by atoms with E-state index < -0.39 is 12.8 Å². The normalized spacial score (nSPS) is 12.8. The number of hydrogen-bond donors (Lipinski definition) is 2. The van der Waals surface area contributed by atoms with Gasteiger partial charge in [-0.2, -0.15) is 13.2 Å². The number of aromatic nitrogens is 1. The van der Waals surface area contributed by atoms with E-state index in [9.17, 15) is 13.2 Å². The first-order valence-electron chi connectivity index (χ1n) is 9.20. The van der Waals surface area contributed by atoms with Crippen molar-refractivity contribution in [3.63, 3.8) is 0 Å². The second-order valence-corrected chi connectivity index (χ2v) is 6.26. The predicted octanol–water partition coefficient (Wildman–Crippen LogP) is 3.16. The molecule has 0 spiro atoms. The smallest absolute Gasteiger partial charge is 0.422 e. The summed E-state index contributed by atoms with van der Waals surface area (Å²) in [5.41, 5.74) is 0.475. The van der Waals surface area contributed by atoms with Gasteiger partial charge in [-0.05, 0) is 25.1 Å². The summed E-state index contributed by atoms with van der Waals surface area (Å²) in [6, 6.07) is 10.6. The fraction of sp³-hybridized carbons (Fsp3) is 0.400. The van der Waals surface area contributed by atoms with Crippen LogP contribution in [0.3, 0.4) is 0 Å². The largest absolute Gasteiger partial charge is 0.493 e. The molecular formula is C20H25F3N4O3. The van der Waals surface area contributed by atoms with E-state index in [1.807, 2.05) is 31.2 Å². The number of pyridine rings is 1. The summed E-state index contributed by atoms with van der Waals surface area (Å²) >= 11 is 0. The summed E-state index contributed by atoms with van der Waals surface area (Å²) in [6.45, 7) is 1.10. The van der Waals surface area contributed by atoms with Gasteiger partial charge in [-0.1, -0.05) is 18.2 Å². The highest BCUT2D eigenvalue weighted by molar-refractivity contribution is 5.79. The zero-order valence-electron chi connectivity index (χ0n) is 17.0. The fourth-order valence-electron chi connectivity index (χ4n) is 2.45. The van der Waals surface area contributed by atoms with Gasteiger partial charge in [-0.15, -0.1) is 0 Å². The summed E-state index contributed by atoms with van der Waals surface area (Å²) < 4.78 is 53.1. The molecule has 1 atom stereocenters. The predicted molar refractivity (Wildman–Crippen MR) is 107 cm³/mol. The Bertz CT molecular complexity index is 831. The number of nitrogens with one attached hydrogen (secondary N) is 2. The van der Waals surface area contributed by atoms with E-state index in [0.29, 0.717) is 29.6 Å². The van der Waals surface area contributed by atoms with Crippen molar-refractivity contribution >= 4 is 5.96 Å². The SMILES string of the molecule is CN=C(NCc1cccnc1OCC(F)(F)F)NCC(C)Oc1ccccc1OC. The molecule has 0 aliphatic heterocycles. The molecule has 0 aliphatic carbocycles. The Morgan fingerprint density at radius 2 is 1.87 bits per heavy atom. The third kappa shape index (κ3) is 7.69. The van der Waals surface area contributed by atoms with Gasteiger partial charge >= 0.3 is 6.18 Å². The Balaban J connectivity index is 1.87. The maximum Gasteiger partial charge on any atom is 0.422 e. The Labute approximate surface area is 173 Å². The van der Waals surface area contributed by atoms with Crippen molar-refractivity contribution < 1.29 is 27.4 Å². The monoisotopic (exact) mass is 426 g/mol. The summed E-state index contributed by atoms with van der Waals surface area (Å²) in [5, 5.41) is 6.13. The van der Waals surface area contributed by atoms with E-state index in [-0.39, 0.29) is 18.5 Å². The molecule has 2 N–H and O–H groups in total. The molecule has 164 valence electrons. The summed E-state index contributed by atoms with van der Waals surface area (Å²) in [4.78, 5) is 7.97. The minimum atomic E-state index is -4.43. The van der Waals surface area contributed by atoms with Crippen LogP contribution in [0, 0.1) is 0 Å². The van der Waals surface area contributed by atoms with Crippen molar-refractivity contribution in [2.75, 3.05) is 27.3 Å². The number of hydrogen-bond acceptors (Lipinski definition) is 5. The zero-order valence-corrected chi connectivity index (χ0v) is 17.0. The summed E-state index contributed by atoms with van der Waals surface area (Å²) in [7, 11) is 3.16. The van der Waals surface area contributed by atoms with Crippen LogP contribution < -0.4 is 24.8 Å². The molecule has 0 saturated carbocycles. The van der Waals surface area contributed by atoms with E-state index in [4.69, 9.17) is 14.2 Å². The van der Waals surface area contributed by atoms with E-state index in [0.717, 1.165) is 0 Å². The molecule has 0 fully saturated rings. The molecule has 0 saturated heterocycles. The highest BCUT2D eigenvalue weighted by Crippen LogP contribution is 2.26. The lowest BCUT2D eigenvalue weighted by molar-refractivity contribution is -0.154. The van der Waals surface area contributed by atoms with Crippen molar-refractivity contribution in [3.05, 3.63) is 48.2 Å². The average Bonchev–Trinajstić information content (AvgIpc) is 2.73. The molecule has 1 aromatic heterocycles. The van der Waals surface area contributed by atoms with E-state index in [1.165, 1.54) is 6.20 Å². The quantitative estimate of drug-likeness (QED) is 0.474. The first-order valence-corrected chi connectivity index (χ1v) is 9.20. The van der Waals surface area contributed by atoms with Crippen LogP contribution in [-0.2, 0) is 6.54 Å². The van der Waals surface area contributed by atoms with Crippen molar-refractivity contribution in [3.8, 4) is 17.4 Å². The molecular weight excluding hydrogens is 401 g/mol. The summed E-state index contributed by atoms with van der Waals surface area (Å²) in [6.07, 6.45) is -3.26. The van der Waals surface area contributed by atoms with Crippen molar-refractivity contribution in [1.82, 2.24) is 15.6 Å². The first-order chi connectivity index (χ1) is 14.3. The van der Waals surface area contributed by atoms with Gasteiger partial charge < -0.3 is 24.8 Å². The van der Waals surface area contributed by atoms with Gasteiger partial charge in [0.15, 0.2) is 24.1 Å². The first kappa shape index (κ1) is 23.1. The number of nitrogens with zero attached hydrogens (tertiary/aromatic N) is 2. The van der Waals surface area contributed by atoms with Crippen LogP contribution in [0.1, 0.15) is 12.5 Å². The Hall–Kier alpha value is -3.17. The van der Waals surface area contributed by atoms with Crippen LogP contribution >= 0.6 is 0 Å². The average molecular weight is 426 g/mol. The number of benzene rings is 1. The number of para-hydroxylation sites is 2. The van der Waals surface area contributed by atoms with Crippen molar-refractivity contribution in [1.29, 1.82) is 0 Å². The lowest BCUT2D eigenvalue weighted by Crippen LogP contribution is -2.41. The van der Waals surface area contributed by atoms with Crippen LogP contribution in [0.5, 0.6) is 17.4 Å². The Morgan fingerprint density at radius 1 is 1.13 bits per heavy atom. The number of methoxy groups -OCH3 is 1. The van der Waals surface area contributed by atoms with Gasteiger partial charge in [0.25, 0.3) is 0 Å². The van der Waals surface area contributed by atoms with Gasteiger partial charge in [0, 0.05) is 25.4 Å². The lowest BCUT2D eigenvalue weighted by Gasteiger charge is -2.19. The molecule has 2 aromatic rings. The standard InChI is InChI=1S/C20H25F3N4O3/c1-14(30-17-9-5-4-8-16(17)28-3)11-26-19(24-2)27-12-15-7-6-10-25-18(15)29-13-20(21,22)23/h4-10,14H,11-13H2,1-3H3,(H2,24,26,27). The number of rotatable bonds is 9. The fourth-order valence-corrected chi connectivity index (χ4v) is 2.45. The van der Waals surface area contributed by atoms with E-state index >= 15 is 0 Å². The summed E-state index contributed by atoms with van der Waals surface area (Å²) in [5.74, 6) is 1.63. The number of alkyl halides is 3. The maximum absolute atomic E-state index is 12.4. The number of guanidine groups is 1. The minimum Gasteiger partial charge on any atom is -0.493 e. The van der Waals surface area contributed by atoms with Crippen molar-refractivity contribution in [2.45, 2.75) is 25.7 Å². The van der Waals surface area contributed by atoms with Gasteiger partial charge in [0.2, 0.25) is 5.88 Å². The van der Waals surface area contributed by atoms with Gasteiger partial charge in [0.1, 0.15) is 6.10 Å². The number of ether oxygens (including phenoxy) is 3. The minimum absolute atomic E-state index is 0.0781. The Kier molecular flexibility index (Phi) is 8.57. The Morgan fingerprint density at radius 3 is 2.53 bits per heavy atom. The van der Waals surface area contributed by atoms with Crippen molar-refractivity contribution in [2.24, 2.45) is 4.99 Å². The van der Waals surface area contributed by atoms with Gasteiger partial charge in [-0.3, -0.25) is 4.99 Å². The van der Waals surface area contributed by atoms with Crippen LogP contribution in [0.15, 0.2) is 47.6 Å². The van der Waals surface area contributed by atoms with Gasteiger partial charge in [0.05, 0.1) is 13.7 Å². The topological polar surface area (TPSA) is 77.0 Å². The van der Waals surface area contributed by atoms with Crippen LogP contribution in [0.4, 0.5) is 13.2 Å².